The first kappa shape index (κ1) is 24.7. The molecule has 8 nitrogen and oxygen atoms in total. The standard InChI is InChI=1S/C27H35N3O5/c1-33-20-10-8-19(9-11-20)29-14-16-30(17-15-29)27(32)23-7-5-4-6-22(23)26(31)28-24-18-21(34-2)12-13-25(24)35-3/h8-13,18,22-23H,4-7,14-17H2,1-3H3,(H,28,31). The molecule has 1 heterocycles. The summed E-state index contributed by atoms with van der Waals surface area (Å²) in [6.45, 7) is 2.84. The van der Waals surface area contributed by atoms with E-state index in [1.54, 1.807) is 39.5 Å². The van der Waals surface area contributed by atoms with Crippen LogP contribution in [0, 0.1) is 11.8 Å². The fourth-order valence-electron chi connectivity index (χ4n) is 5.09. The van der Waals surface area contributed by atoms with Gasteiger partial charge in [-0.1, -0.05) is 12.8 Å². The minimum Gasteiger partial charge on any atom is -0.497 e. The molecule has 0 radical (unpaired) electrons. The Hall–Kier alpha value is -3.42. The average molecular weight is 482 g/mol. The van der Waals surface area contributed by atoms with Gasteiger partial charge in [-0.25, -0.2) is 0 Å². The molecule has 4 rings (SSSR count). The van der Waals surface area contributed by atoms with Gasteiger partial charge in [-0.05, 0) is 49.2 Å². The van der Waals surface area contributed by atoms with Gasteiger partial charge in [0, 0.05) is 49.8 Å². The van der Waals surface area contributed by atoms with Crippen molar-refractivity contribution in [2.45, 2.75) is 25.7 Å². The molecule has 0 spiro atoms. The number of carbonyl (C=O) groups is 2. The van der Waals surface area contributed by atoms with Crippen LogP contribution in [-0.4, -0.2) is 64.2 Å². The number of methoxy groups -OCH3 is 3. The van der Waals surface area contributed by atoms with Gasteiger partial charge in [0.25, 0.3) is 0 Å². The first-order chi connectivity index (χ1) is 17.0. The molecule has 0 aromatic heterocycles. The number of benzene rings is 2. The summed E-state index contributed by atoms with van der Waals surface area (Å²) in [6, 6.07) is 13.3. The fourth-order valence-corrected chi connectivity index (χ4v) is 5.09. The summed E-state index contributed by atoms with van der Waals surface area (Å²) >= 11 is 0. The third kappa shape index (κ3) is 5.63. The van der Waals surface area contributed by atoms with Gasteiger partial charge >= 0.3 is 0 Å². The van der Waals surface area contributed by atoms with E-state index in [0.717, 1.165) is 43.8 Å². The number of nitrogens with zero attached hydrogens (tertiary/aromatic N) is 2. The van der Waals surface area contributed by atoms with Crippen LogP contribution in [0.4, 0.5) is 11.4 Å². The predicted molar refractivity (Wildman–Crippen MR) is 135 cm³/mol. The summed E-state index contributed by atoms with van der Waals surface area (Å²) in [5, 5.41) is 3.00. The molecule has 1 N–H and O–H groups in total. The van der Waals surface area contributed by atoms with Crippen molar-refractivity contribution in [3.8, 4) is 17.2 Å². The second-order valence-corrected chi connectivity index (χ2v) is 9.06. The molecule has 2 amide bonds. The lowest BCUT2D eigenvalue weighted by atomic mass is 9.77. The lowest BCUT2D eigenvalue weighted by molar-refractivity contribution is -0.142. The summed E-state index contributed by atoms with van der Waals surface area (Å²) in [5.41, 5.74) is 1.68. The van der Waals surface area contributed by atoms with E-state index < -0.39 is 0 Å². The van der Waals surface area contributed by atoms with E-state index >= 15 is 0 Å². The maximum absolute atomic E-state index is 13.5. The molecule has 0 bridgehead atoms. The van der Waals surface area contributed by atoms with Crippen molar-refractivity contribution in [2.75, 3.05) is 57.7 Å². The Kier molecular flexibility index (Phi) is 8.00. The number of hydrogen-bond acceptors (Lipinski definition) is 6. The summed E-state index contributed by atoms with van der Waals surface area (Å²) in [6.07, 6.45) is 3.36. The molecule has 188 valence electrons. The SMILES string of the molecule is COc1ccc(N2CCN(C(=O)C3CCCCC3C(=O)Nc3cc(OC)ccc3OC)CC2)cc1. The van der Waals surface area contributed by atoms with Crippen LogP contribution < -0.4 is 24.4 Å². The molecule has 1 aliphatic heterocycles. The Morgan fingerprint density at radius 2 is 1.43 bits per heavy atom. The van der Waals surface area contributed by atoms with E-state index in [2.05, 4.69) is 10.2 Å². The molecule has 1 aliphatic carbocycles. The largest absolute Gasteiger partial charge is 0.497 e. The number of nitrogens with one attached hydrogen (secondary N) is 1. The molecule has 1 saturated heterocycles. The van der Waals surface area contributed by atoms with Gasteiger partial charge in [0.1, 0.15) is 17.2 Å². The molecular weight excluding hydrogens is 446 g/mol. The van der Waals surface area contributed by atoms with Crippen molar-refractivity contribution < 1.29 is 23.8 Å². The molecular formula is C27H35N3O5. The first-order valence-corrected chi connectivity index (χ1v) is 12.2. The van der Waals surface area contributed by atoms with Crippen LogP contribution in [0.5, 0.6) is 17.2 Å². The third-order valence-electron chi connectivity index (χ3n) is 7.11. The maximum atomic E-state index is 13.5. The minimum absolute atomic E-state index is 0.0943. The zero-order chi connectivity index (χ0) is 24.8. The third-order valence-corrected chi connectivity index (χ3v) is 7.11. The smallest absolute Gasteiger partial charge is 0.228 e. The van der Waals surface area contributed by atoms with E-state index in [1.807, 2.05) is 29.2 Å². The Labute approximate surface area is 207 Å². The summed E-state index contributed by atoms with van der Waals surface area (Å²) in [7, 11) is 4.80. The molecule has 2 aromatic carbocycles. The van der Waals surface area contributed by atoms with E-state index in [1.165, 1.54) is 0 Å². The highest BCUT2D eigenvalue weighted by molar-refractivity contribution is 5.97. The molecule has 2 aromatic rings. The molecule has 2 fully saturated rings. The van der Waals surface area contributed by atoms with Gasteiger partial charge in [-0.15, -0.1) is 0 Å². The highest BCUT2D eigenvalue weighted by Crippen LogP contribution is 2.35. The molecule has 2 aliphatic rings. The van der Waals surface area contributed by atoms with E-state index in [9.17, 15) is 9.59 Å². The highest BCUT2D eigenvalue weighted by atomic mass is 16.5. The molecule has 1 saturated carbocycles. The van der Waals surface area contributed by atoms with Crippen molar-refractivity contribution in [3.05, 3.63) is 42.5 Å². The quantitative estimate of drug-likeness (QED) is 0.648. The second kappa shape index (κ2) is 11.3. The zero-order valence-electron chi connectivity index (χ0n) is 20.8. The Morgan fingerprint density at radius 1 is 0.800 bits per heavy atom. The number of anilines is 2. The van der Waals surface area contributed by atoms with Crippen LogP contribution in [0.2, 0.25) is 0 Å². The molecule has 2 unspecified atom stereocenters. The monoisotopic (exact) mass is 481 g/mol. The van der Waals surface area contributed by atoms with Crippen molar-refractivity contribution in [3.63, 3.8) is 0 Å². The zero-order valence-corrected chi connectivity index (χ0v) is 20.8. The average Bonchev–Trinajstić information content (AvgIpc) is 2.92. The summed E-state index contributed by atoms with van der Waals surface area (Å²) < 4.78 is 15.9. The van der Waals surface area contributed by atoms with Crippen molar-refractivity contribution in [1.29, 1.82) is 0 Å². The number of piperazine rings is 1. The van der Waals surface area contributed by atoms with Crippen molar-refractivity contribution in [1.82, 2.24) is 4.90 Å². The number of amides is 2. The van der Waals surface area contributed by atoms with Gasteiger partial charge in [0.05, 0.1) is 27.0 Å². The van der Waals surface area contributed by atoms with E-state index in [0.29, 0.717) is 36.7 Å². The van der Waals surface area contributed by atoms with Crippen LogP contribution in [0.25, 0.3) is 0 Å². The van der Waals surface area contributed by atoms with Gasteiger partial charge in [-0.2, -0.15) is 0 Å². The van der Waals surface area contributed by atoms with Crippen LogP contribution in [0.15, 0.2) is 42.5 Å². The minimum atomic E-state index is -0.355. The number of rotatable bonds is 7. The van der Waals surface area contributed by atoms with Crippen LogP contribution >= 0.6 is 0 Å². The predicted octanol–water partition coefficient (Wildman–Crippen LogP) is 3.81. The van der Waals surface area contributed by atoms with Crippen LogP contribution in [0.3, 0.4) is 0 Å². The Bertz CT molecular complexity index is 1020. The number of hydrogen-bond donors (Lipinski definition) is 1. The lowest BCUT2D eigenvalue weighted by Gasteiger charge is -2.39. The highest BCUT2D eigenvalue weighted by Gasteiger charge is 2.38. The molecule has 35 heavy (non-hydrogen) atoms. The Balaban J connectivity index is 1.40. The fraction of sp³-hybridized carbons (Fsp3) is 0.481. The normalized spacial score (nSPS) is 20.2. The molecule has 2 atom stereocenters. The van der Waals surface area contributed by atoms with E-state index in [-0.39, 0.29) is 23.7 Å². The van der Waals surface area contributed by atoms with Crippen molar-refractivity contribution in [2.24, 2.45) is 11.8 Å². The van der Waals surface area contributed by atoms with Gasteiger partial charge in [0.2, 0.25) is 11.8 Å². The second-order valence-electron chi connectivity index (χ2n) is 9.06. The van der Waals surface area contributed by atoms with Crippen molar-refractivity contribution >= 4 is 23.2 Å². The Morgan fingerprint density at radius 3 is 2.06 bits per heavy atom. The maximum Gasteiger partial charge on any atom is 0.228 e. The van der Waals surface area contributed by atoms with Gasteiger partial charge in [-0.3, -0.25) is 9.59 Å². The van der Waals surface area contributed by atoms with Gasteiger partial charge in [0.15, 0.2) is 0 Å². The van der Waals surface area contributed by atoms with Crippen LogP contribution in [0.1, 0.15) is 25.7 Å². The van der Waals surface area contributed by atoms with E-state index in [4.69, 9.17) is 14.2 Å². The first-order valence-electron chi connectivity index (χ1n) is 12.2. The van der Waals surface area contributed by atoms with Gasteiger partial charge < -0.3 is 29.3 Å². The summed E-state index contributed by atoms with van der Waals surface area (Å²) in [4.78, 5) is 31.1. The summed E-state index contributed by atoms with van der Waals surface area (Å²) in [5.74, 6) is 1.33. The number of ether oxygens (including phenoxy) is 3. The topological polar surface area (TPSA) is 80.3 Å². The number of carbonyl (C=O) groups excluding carboxylic acids is 2. The lowest BCUT2D eigenvalue weighted by Crippen LogP contribution is -2.52. The van der Waals surface area contributed by atoms with Crippen LogP contribution in [-0.2, 0) is 9.59 Å². The molecule has 8 heteroatoms.